The lowest BCUT2D eigenvalue weighted by atomic mass is 9.85. The van der Waals surface area contributed by atoms with Gasteiger partial charge in [0.05, 0.1) is 0 Å². The second kappa shape index (κ2) is 6.66. The van der Waals surface area contributed by atoms with Crippen LogP contribution in [0.15, 0.2) is 48.5 Å². The average Bonchev–Trinajstić information content (AvgIpc) is 2.50. The van der Waals surface area contributed by atoms with Crippen molar-refractivity contribution in [2.24, 2.45) is 5.73 Å². The van der Waals surface area contributed by atoms with E-state index in [1.165, 1.54) is 48.5 Å². The Balaban J connectivity index is 2.62. The van der Waals surface area contributed by atoms with Crippen LogP contribution in [0.4, 0.5) is 8.78 Å². The number of halogens is 2. The van der Waals surface area contributed by atoms with Crippen molar-refractivity contribution < 1.29 is 18.3 Å². The maximum absolute atomic E-state index is 13.2. The van der Waals surface area contributed by atoms with Crippen molar-refractivity contribution in [3.63, 3.8) is 0 Å². The van der Waals surface area contributed by atoms with Crippen LogP contribution < -0.4 is 5.73 Å². The molecule has 0 heterocycles. The summed E-state index contributed by atoms with van der Waals surface area (Å²) in [6.45, 7) is 2.17. The summed E-state index contributed by atoms with van der Waals surface area (Å²) in [6, 6.07) is 10.7. The van der Waals surface area contributed by atoms with Gasteiger partial charge in [0, 0.05) is 6.61 Å². The van der Waals surface area contributed by atoms with E-state index in [-0.39, 0.29) is 6.61 Å². The Morgan fingerprint density at radius 3 is 1.73 bits per heavy atom. The summed E-state index contributed by atoms with van der Waals surface area (Å²) in [6.07, 6.45) is 0.664. The highest BCUT2D eigenvalue weighted by molar-refractivity contribution is 5.89. The van der Waals surface area contributed by atoms with E-state index in [1.54, 1.807) is 0 Å². The highest BCUT2D eigenvalue weighted by Gasteiger charge is 2.41. The lowest BCUT2D eigenvalue weighted by Crippen LogP contribution is -2.45. The van der Waals surface area contributed by atoms with Crippen LogP contribution in [0.2, 0.25) is 0 Å². The molecule has 0 saturated carbocycles. The zero-order valence-corrected chi connectivity index (χ0v) is 12.2. The Morgan fingerprint density at radius 2 is 1.41 bits per heavy atom. The van der Waals surface area contributed by atoms with Crippen molar-refractivity contribution in [2.45, 2.75) is 18.9 Å². The molecular formula is C17H17F2NO2. The standard InChI is InChI=1S/C17H17F2NO2/c1-2-11-22-17(16(20)21,12-3-7-14(18)8-4-12)13-5-9-15(19)10-6-13/h3-10H,2,11H2,1H3,(H2,20,21). The summed E-state index contributed by atoms with van der Waals surface area (Å²) in [5.41, 5.74) is 4.84. The van der Waals surface area contributed by atoms with Crippen molar-refractivity contribution in [3.8, 4) is 0 Å². The molecule has 1 amide bonds. The maximum atomic E-state index is 13.2. The first-order chi connectivity index (χ1) is 10.5. The Hall–Kier alpha value is -2.27. The van der Waals surface area contributed by atoms with E-state index in [1.807, 2.05) is 6.92 Å². The molecular weight excluding hydrogens is 288 g/mol. The summed E-state index contributed by atoms with van der Waals surface area (Å²) in [5.74, 6) is -1.60. The lowest BCUT2D eigenvalue weighted by Gasteiger charge is -2.32. The molecule has 22 heavy (non-hydrogen) atoms. The molecule has 2 rings (SSSR count). The van der Waals surface area contributed by atoms with Gasteiger partial charge in [-0.25, -0.2) is 8.78 Å². The second-order valence-electron chi connectivity index (χ2n) is 4.91. The van der Waals surface area contributed by atoms with Crippen molar-refractivity contribution in [1.29, 1.82) is 0 Å². The van der Waals surface area contributed by atoms with Crippen LogP contribution in [0, 0.1) is 11.6 Å². The number of nitrogens with two attached hydrogens (primary N) is 1. The van der Waals surface area contributed by atoms with Gasteiger partial charge in [0.15, 0.2) is 5.60 Å². The third kappa shape index (κ3) is 2.99. The van der Waals surface area contributed by atoms with Gasteiger partial charge >= 0.3 is 0 Å². The summed E-state index contributed by atoms with van der Waals surface area (Å²) < 4.78 is 32.1. The molecule has 2 aromatic carbocycles. The Labute approximate surface area is 127 Å². The van der Waals surface area contributed by atoms with E-state index in [0.717, 1.165) is 0 Å². The van der Waals surface area contributed by atoms with Crippen molar-refractivity contribution in [1.82, 2.24) is 0 Å². The molecule has 5 heteroatoms. The molecule has 0 spiro atoms. The monoisotopic (exact) mass is 305 g/mol. The fourth-order valence-corrected chi connectivity index (χ4v) is 2.31. The summed E-state index contributed by atoms with van der Waals surface area (Å²) in [7, 11) is 0. The molecule has 0 fully saturated rings. The van der Waals surface area contributed by atoms with Crippen LogP contribution in [0.3, 0.4) is 0 Å². The topological polar surface area (TPSA) is 52.3 Å². The smallest absolute Gasteiger partial charge is 0.259 e. The minimum Gasteiger partial charge on any atom is -0.367 e. The van der Waals surface area contributed by atoms with Crippen molar-refractivity contribution in [3.05, 3.63) is 71.3 Å². The lowest BCUT2D eigenvalue weighted by molar-refractivity contribution is -0.139. The zero-order chi connectivity index (χ0) is 16.2. The molecule has 2 aromatic rings. The minimum atomic E-state index is -1.57. The fourth-order valence-electron chi connectivity index (χ4n) is 2.31. The molecule has 0 aliphatic heterocycles. The number of carbonyl (C=O) groups excluding carboxylic acids is 1. The van der Waals surface area contributed by atoms with Gasteiger partial charge in [0.25, 0.3) is 5.91 Å². The van der Waals surface area contributed by atoms with E-state index in [4.69, 9.17) is 10.5 Å². The largest absolute Gasteiger partial charge is 0.367 e. The SMILES string of the molecule is CCCOC(C(N)=O)(c1ccc(F)cc1)c1ccc(F)cc1. The molecule has 0 radical (unpaired) electrons. The van der Waals surface area contributed by atoms with Crippen LogP contribution in [-0.2, 0) is 15.1 Å². The number of carbonyl (C=O) groups is 1. The first kappa shape index (κ1) is 16.1. The van der Waals surface area contributed by atoms with E-state index in [9.17, 15) is 13.6 Å². The number of ether oxygens (including phenoxy) is 1. The number of primary amides is 1. The first-order valence-corrected chi connectivity index (χ1v) is 6.96. The summed E-state index contributed by atoms with van der Waals surface area (Å²) in [5, 5.41) is 0. The van der Waals surface area contributed by atoms with Gasteiger partial charge in [-0.2, -0.15) is 0 Å². The minimum absolute atomic E-state index is 0.275. The van der Waals surface area contributed by atoms with Crippen LogP contribution in [0.5, 0.6) is 0 Å². The number of rotatable bonds is 6. The van der Waals surface area contributed by atoms with Crippen LogP contribution in [-0.4, -0.2) is 12.5 Å². The van der Waals surface area contributed by atoms with Gasteiger partial charge in [-0.05, 0) is 41.8 Å². The van der Waals surface area contributed by atoms with Crippen LogP contribution >= 0.6 is 0 Å². The Morgan fingerprint density at radius 1 is 1.00 bits per heavy atom. The quantitative estimate of drug-likeness (QED) is 0.891. The Kier molecular flexibility index (Phi) is 4.88. The van der Waals surface area contributed by atoms with Crippen LogP contribution in [0.25, 0.3) is 0 Å². The van der Waals surface area contributed by atoms with Gasteiger partial charge in [0.1, 0.15) is 11.6 Å². The Bertz CT molecular complexity index is 593. The molecule has 3 nitrogen and oxygen atoms in total. The molecule has 0 bridgehead atoms. The molecule has 0 atom stereocenters. The van der Waals surface area contributed by atoms with E-state index in [0.29, 0.717) is 17.5 Å². The molecule has 2 N–H and O–H groups in total. The van der Waals surface area contributed by atoms with E-state index < -0.39 is 23.1 Å². The number of hydrogen-bond acceptors (Lipinski definition) is 2. The van der Waals surface area contributed by atoms with Crippen molar-refractivity contribution in [2.75, 3.05) is 6.61 Å². The third-order valence-electron chi connectivity index (χ3n) is 3.37. The van der Waals surface area contributed by atoms with E-state index in [2.05, 4.69) is 0 Å². The zero-order valence-electron chi connectivity index (χ0n) is 12.2. The predicted molar refractivity (Wildman–Crippen MR) is 79.0 cm³/mol. The van der Waals surface area contributed by atoms with Crippen LogP contribution in [0.1, 0.15) is 24.5 Å². The molecule has 116 valence electrons. The summed E-state index contributed by atoms with van der Waals surface area (Å²) >= 11 is 0. The molecule has 0 aromatic heterocycles. The fraction of sp³-hybridized carbons (Fsp3) is 0.235. The average molecular weight is 305 g/mol. The molecule has 0 aliphatic rings. The predicted octanol–water partition coefficient (Wildman–Crippen LogP) is 3.12. The maximum Gasteiger partial charge on any atom is 0.259 e. The van der Waals surface area contributed by atoms with Crippen molar-refractivity contribution >= 4 is 5.91 Å². The van der Waals surface area contributed by atoms with Gasteiger partial charge < -0.3 is 10.5 Å². The number of amides is 1. The van der Waals surface area contributed by atoms with E-state index >= 15 is 0 Å². The molecule has 0 saturated heterocycles. The summed E-state index contributed by atoms with van der Waals surface area (Å²) in [4.78, 5) is 12.2. The molecule has 0 unspecified atom stereocenters. The first-order valence-electron chi connectivity index (χ1n) is 6.96. The van der Waals surface area contributed by atoms with Gasteiger partial charge in [-0.3, -0.25) is 4.79 Å². The number of benzene rings is 2. The second-order valence-corrected chi connectivity index (χ2v) is 4.91. The highest BCUT2D eigenvalue weighted by Crippen LogP contribution is 2.34. The number of hydrogen-bond donors (Lipinski definition) is 1. The van der Waals surface area contributed by atoms with Gasteiger partial charge in [-0.1, -0.05) is 31.2 Å². The highest BCUT2D eigenvalue weighted by atomic mass is 19.1. The van der Waals surface area contributed by atoms with Gasteiger partial charge in [0.2, 0.25) is 0 Å². The molecule has 0 aliphatic carbocycles. The third-order valence-corrected chi connectivity index (χ3v) is 3.37. The van der Waals surface area contributed by atoms with Gasteiger partial charge in [-0.15, -0.1) is 0 Å². The normalized spacial score (nSPS) is 11.4.